The highest BCUT2D eigenvalue weighted by Gasteiger charge is 2.07. The number of benzene rings is 1. The minimum Gasteiger partial charge on any atom is -0.394 e. The van der Waals surface area contributed by atoms with Crippen molar-refractivity contribution < 1.29 is 0 Å². The van der Waals surface area contributed by atoms with Gasteiger partial charge in [0, 0.05) is 12.6 Å². The lowest BCUT2D eigenvalue weighted by molar-refractivity contribution is 0.873. The Morgan fingerprint density at radius 3 is 2.47 bits per heavy atom. The van der Waals surface area contributed by atoms with E-state index in [9.17, 15) is 4.79 Å². The summed E-state index contributed by atoms with van der Waals surface area (Å²) in [6, 6.07) is 9.74. The summed E-state index contributed by atoms with van der Waals surface area (Å²) in [6.45, 7) is 4.10. The summed E-state index contributed by atoms with van der Waals surface area (Å²) in [7, 11) is 1.74. The number of nitrogens with zero attached hydrogens (tertiary/aromatic N) is 1. The van der Waals surface area contributed by atoms with Gasteiger partial charge in [0.1, 0.15) is 0 Å². The quantitative estimate of drug-likeness (QED) is 0.813. The Hall–Kier alpha value is -2.03. The van der Waals surface area contributed by atoms with Gasteiger partial charge in [0.05, 0.1) is 11.4 Å². The van der Waals surface area contributed by atoms with E-state index in [0.717, 1.165) is 16.8 Å². The molecular formula is C14H16N2O. The summed E-state index contributed by atoms with van der Waals surface area (Å²) in [6.07, 6.45) is 0. The Kier molecular flexibility index (Phi) is 2.76. The van der Waals surface area contributed by atoms with Gasteiger partial charge >= 0.3 is 0 Å². The third-order valence-corrected chi connectivity index (χ3v) is 2.99. The fraction of sp³-hybridized carbons (Fsp3) is 0.214. The Labute approximate surface area is 101 Å². The van der Waals surface area contributed by atoms with Crippen LogP contribution in [-0.2, 0) is 7.05 Å². The molecule has 1 heterocycles. The number of hydrogen-bond donors (Lipinski definition) is 1. The molecule has 0 aliphatic carbocycles. The molecule has 0 saturated heterocycles. The van der Waals surface area contributed by atoms with Crippen molar-refractivity contribution in [2.75, 3.05) is 5.73 Å². The Bertz CT molecular complexity index is 627. The third kappa shape index (κ3) is 1.96. The third-order valence-electron chi connectivity index (χ3n) is 2.99. The van der Waals surface area contributed by atoms with E-state index in [1.165, 1.54) is 5.56 Å². The minimum absolute atomic E-state index is 0.150. The number of aromatic nitrogens is 1. The fourth-order valence-electron chi connectivity index (χ4n) is 2.03. The Balaban J connectivity index is 2.69. The molecule has 0 bridgehead atoms. The second-order valence-electron chi connectivity index (χ2n) is 4.36. The van der Waals surface area contributed by atoms with Crippen LogP contribution in [0.1, 0.15) is 11.1 Å². The maximum atomic E-state index is 11.8. The molecule has 0 saturated carbocycles. The number of hydrogen-bond acceptors (Lipinski definition) is 2. The van der Waals surface area contributed by atoms with E-state index in [1.54, 1.807) is 17.7 Å². The van der Waals surface area contributed by atoms with E-state index < -0.39 is 0 Å². The van der Waals surface area contributed by atoms with Crippen LogP contribution in [0, 0.1) is 13.8 Å². The van der Waals surface area contributed by atoms with Crippen LogP contribution < -0.4 is 11.3 Å². The molecule has 3 heteroatoms. The number of aryl methyl sites for hydroxylation is 2. The summed E-state index contributed by atoms with van der Waals surface area (Å²) in [5, 5.41) is 0. The molecule has 2 rings (SSSR count). The van der Waals surface area contributed by atoms with E-state index in [-0.39, 0.29) is 11.2 Å². The molecule has 88 valence electrons. The summed E-state index contributed by atoms with van der Waals surface area (Å²) in [4.78, 5) is 11.8. The van der Waals surface area contributed by atoms with Gasteiger partial charge in [0.25, 0.3) is 5.56 Å². The van der Waals surface area contributed by atoms with E-state index in [4.69, 9.17) is 5.73 Å². The van der Waals surface area contributed by atoms with Crippen molar-refractivity contribution in [2.24, 2.45) is 7.05 Å². The average molecular weight is 228 g/mol. The first-order chi connectivity index (χ1) is 8.00. The van der Waals surface area contributed by atoms with Gasteiger partial charge in [-0.25, -0.2) is 0 Å². The molecule has 0 fully saturated rings. The maximum Gasteiger partial charge on any atom is 0.273 e. The lowest BCUT2D eigenvalue weighted by atomic mass is 10.0. The van der Waals surface area contributed by atoms with Crippen LogP contribution in [0.2, 0.25) is 0 Å². The van der Waals surface area contributed by atoms with Crippen molar-refractivity contribution in [3.8, 4) is 11.3 Å². The first kappa shape index (κ1) is 11.5. The van der Waals surface area contributed by atoms with Crippen molar-refractivity contribution in [3.05, 3.63) is 51.8 Å². The van der Waals surface area contributed by atoms with E-state index in [0.29, 0.717) is 0 Å². The minimum atomic E-state index is -0.150. The lowest BCUT2D eigenvalue weighted by Crippen LogP contribution is -2.21. The molecule has 0 spiro atoms. The largest absolute Gasteiger partial charge is 0.394 e. The second-order valence-corrected chi connectivity index (χ2v) is 4.36. The maximum absolute atomic E-state index is 11.8. The van der Waals surface area contributed by atoms with Crippen LogP contribution in [0.3, 0.4) is 0 Å². The van der Waals surface area contributed by atoms with Crippen LogP contribution in [0.15, 0.2) is 35.1 Å². The molecule has 0 amide bonds. The van der Waals surface area contributed by atoms with Gasteiger partial charge < -0.3 is 10.3 Å². The van der Waals surface area contributed by atoms with E-state index in [1.807, 2.05) is 25.1 Å². The molecule has 2 aromatic rings. The molecule has 2 N–H and O–H groups in total. The molecule has 0 aliphatic heterocycles. The monoisotopic (exact) mass is 228 g/mol. The standard InChI is InChI=1S/C14H16N2O/c1-9-4-5-11(10(2)8-9)13-7-6-12(15)14(17)16(13)3/h4-8H,15H2,1-3H3. The molecular weight excluding hydrogens is 212 g/mol. The van der Waals surface area contributed by atoms with Gasteiger partial charge in [-0.2, -0.15) is 0 Å². The predicted octanol–water partition coefficient (Wildman–Crippen LogP) is 2.25. The summed E-state index contributed by atoms with van der Waals surface area (Å²) in [5.74, 6) is 0. The normalized spacial score (nSPS) is 10.5. The topological polar surface area (TPSA) is 48.0 Å². The van der Waals surface area contributed by atoms with Gasteiger partial charge in [-0.05, 0) is 31.5 Å². The van der Waals surface area contributed by atoms with Crippen molar-refractivity contribution in [2.45, 2.75) is 13.8 Å². The van der Waals surface area contributed by atoms with E-state index >= 15 is 0 Å². The SMILES string of the molecule is Cc1ccc(-c2ccc(N)c(=O)n2C)c(C)c1. The molecule has 3 nitrogen and oxygen atoms in total. The van der Waals surface area contributed by atoms with Crippen molar-refractivity contribution in [1.29, 1.82) is 0 Å². The Morgan fingerprint density at radius 2 is 1.82 bits per heavy atom. The number of nitrogen functional groups attached to an aromatic ring is 1. The summed E-state index contributed by atoms with van der Waals surface area (Å²) in [5.41, 5.74) is 10.1. The molecule has 0 aliphatic rings. The zero-order valence-corrected chi connectivity index (χ0v) is 10.3. The van der Waals surface area contributed by atoms with Crippen molar-refractivity contribution in [3.63, 3.8) is 0 Å². The molecule has 1 aromatic carbocycles. The average Bonchev–Trinajstić information content (AvgIpc) is 2.28. The van der Waals surface area contributed by atoms with Crippen LogP contribution in [0.5, 0.6) is 0 Å². The molecule has 1 aromatic heterocycles. The predicted molar refractivity (Wildman–Crippen MR) is 71.0 cm³/mol. The van der Waals surface area contributed by atoms with Gasteiger partial charge in [0.15, 0.2) is 0 Å². The summed E-state index contributed by atoms with van der Waals surface area (Å²) < 4.78 is 1.59. The highest BCUT2D eigenvalue weighted by molar-refractivity contribution is 5.65. The van der Waals surface area contributed by atoms with Crippen molar-refractivity contribution >= 4 is 5.69 Å². The van der Waals surface area contributed by atoms with Crippen LogP contribution >= 0.6 is 0 Å². The van der Waals surface area contributed by atoms with Crippen LogP contribution in [-0.4, -0.2) is 4.57 Å². The molecule has 17 heavy (non-hydrogen) atoms. The van der Waals surface area contributed by atoms with Gasteiger partial charge in [-0.15, -0.1) is 0 Å². The first-order valence-electron chi connectivity index (χ1n) is 5.54. The number of anilines is 1. The van der Waals surface area contributed by atoms with Gasteiger partial charge in [0.2, 0.25) is 0 Å². The van der Waals surface area contributed by atoms with Crippen LogP contribution in [0.25, 0.3) is 11.3 Å². The fourth-order valence-corrected chi connectivity index (χ4v) is 2.03. The highest BCUT2D eigenvalue weighted by Crippen LogP contribution is 2.23. The Morgan fingerprint density at radius 1 is 1.12 bits per heavy atom. The smallest absolute Gasteiger partial charge is 0.273 e. The highest BCUT2D eigenvalue weighted by atomic mass is 16.1. The first-order valence-corrected chi connectivity index (χ1v) is 5.54. The van der Waals surface area contributed by atoms with Gasteiger partial charge in [-0.1, -0.05) is 23.8 Å². The molecule has 0 atom stereocenters. The van der Waals surface area contributed by atoms with Crippen molar-refractivity contribution in [1.82, 2.24) is 4.57 Å². The molecule has 0 radical (unpaired) electrons. The zero-order chi connectivity index (χ0) is 12.6. The number of nitrogens with two attached hydrogens (primary N) is 1. The lowest BCUT2D eigenvalue weighted by Gasteiger charge is -2.12. The van der Waals surface area contributed by atoms with Gasteiger partial charge in [-0.3, -0.25) is 4.79 Å². The molecule has 0 unspecified atom stereocenters. The van der Waals surface area contributed by atoms with E-state index in [2.05, 4.69) is 13.0 Å². The summed E-state index contributed by atoms with van der Waals surface area (Å²) >= 11 is 0. The number of pyridine rings is 1. The zero-order valence-electron chi connectivity index (χ0n) is 10.3. The van der Waals surface area contributed by atoms with Crippen LogP contribution in [0.4, 0.5) is 5.69 Å². The second kappa shape index (κ2) is 4.09. The number of rotatable bonds is 1.